The number of allylic oxidation sites excluding steroid dienone is 2. The van der Waals surface area contributed by atoms with E-state index in [9.17, 15) is 4.79 Å². The number of hydrogen-bond donors (Lipinski definition) is 2. The Morgan fingerprint density at radius 2 is 2.47 bits per heavy atom. The second-order valence-corrected chi connectivity index (χ2v) is 2.67. The summed E-state index contributed by atoms with van der Waals surface area (Å²) in [5.41, 5.74) is -0.375. The fourth-order valence-electron chi connectivity index (χ4n) is 0.926. The Balaban J connectivity index is 2.65. The van der Waals surface area contributed by atoms with Crippen molar-refractivity contribution < 1.29 is 5.11 Å². The van der Waals surface area contributed by atoms with Crippen LogP contribution in [0.5, 0.6) is 5.88 Å². The van der Waals surface area contributed by atoms with Gasteiger partial charge in [0, 0.05) is 18.8 Å². The zero-order chi connectivity index (χ0) is 11.1. The van der Waals surface area contributed by atoms with Crippen molar-refractivity contribution in [2.45, 2.75) is 6.42 Å². The van der Waals surface area contributed by atoms with Crippen LogP contribution in [0.4, 0.5) is 0 Å². The minimum Gasteiger partial charge on any atom is -0.493 e. The quantitative estimate of drug-likeness (QED) is 0.713. The molecule has 0 aromatic carbocycles. The van der Waals surface area contributed by atoms with Crippen LogP contribution in [0.2, 0.25) is 0 Å². The zero-order valence-electron chi connectivity index (χ0n) is 8.05. The van der Waals surface area contributed by atoms with Crippen LogP contribution >= 0.6 is 0 Å². The lowest BCUT2D eigenvalue weighted by molar-refractivity contribution is 0.448. The molecule has 0 amide bonds. The van der Waals surface area contributed by atoms with Crippen LogP contribution in [-0.4, -0.2) is 21.3 Å². The van der Waals surface area contributed by atoms with E-state index in [0.29, 0.717) is 12.2 Å². The van der Waals surface area contributed by atoms with Crippen molar-refractivity contribution in [3.8, 4) is 5.88 Å². The number of aromatic hydroxyl groups is 1. The summed E-state index contributed by atoms with van der Waals surface area (Å²) in [6.45, 7) is 3.46. The van der Waals surface area contributed by atoms with Crippen molar-refractivity contribution in [2.24, 2.45) is 4.99 Å². The summed E-state index contributed by atoms with van der Waals surface area (Å²) in [5.74, 6) is 0.113. The molecule has 0 aliphatic carbocycles. The van der Waals surface area contributed by atoms with Gasteiger partial charge >= 0.3 is 0 Å². The van der Waals surface area contributed by atoms with Gasteiger partial charge in [-0.25, -0.2) is 0 Å². The minimum absolute atomic E-state index is 0.281. The van der Waals surface area contributed by atoms with Crippen molar-refractivity contribution in [1.29, 1.82) is 0 Å². The number of aromatic nitrogens is 2. The summed E-state index contributed by atoms with van der Waals surface area (Å²) >= 11 is 0. The van der Waals surface area contributed by atoms with E-state index >= 15 is 0 Å². The minimum atomic E-state index is -0.375. The largest absolute Gasteiger partial charge is 0.493 e. The maximum absolute atomic E-state index is 10.9. The molecular formula is C10H11N3O2. The topological polar surface area (TPSA) is 78.3 Å². The Morgan fingerprint density at radius 1 is 1.67 bits per heavy atom. The molecule has 5 nitrogen and oxygen atoms in total. The van der Waals surface area contributed by atoms with Crippen molar-refractivity contribution in [3.63, 3.8) is 0 Å². The van der Waals surface area contributed by atoms with Gasteiger partial charge in [-0.15, -0.1) is 0 Å². The highest BCUT2D eigenvalue weighted by Gasteiger charge is 1.96. The highest BCUT2D eigenvalue weighted by Crippen LogP contribution is 1.98. The lowest BCUT2D eigenvalue weighted by Gasteiger charge is -1.95. The highest BCUT2D eigenvalue weighted by molar-refractivity contribution is 5.70. The fraction of sp³-hybridized carbons (Fsp3) is 0.100. The Bertz CT molecular complexity index is 446. The molecule has 1 rings (SSSR count). The molecule has 0 unspecified atom stereocenters. The average molecular weight is 205 g/mol. The highest BCUT2D eigenvalue weighted by atomic mass is 16.3. The average Bonchev–Trinajstić information content (AvgIpc) is 2.16. The van der Waals surface area contributed by atoms with Crippen molar-refractivity contribution >= 4 is 6.21 Å². The smallest absolute Gasteiger partial charge is 0.254 e. The van der Waals surface area contributed by atoms with Gasteiger partial charge in [0.1, 0.15) is 5.82 Å². The van der Waals surface area contributed by atoms with Crippen LogP contribution < -0.4 is 5.56 Å². The summed E-state index contributed by atoms with van der Waals surface area (Å²) in [7, 11) is 0. The molecule has 0 aliphatic rings. The number of nitrogens with one attached hydrogen (secondary N) is 1. The first kappa shape index (κ1) is 10.9. The van der Waals surface area contributed by atoms with Gasteiger partial charge < -0.3 is 10.1 Å². The van der Waals surface area contributed by atoms with E-state index in [1.807, 2.05) is 0 Å². The number of aliphatic imine (C=N–C) groups is 1. The van der Waals surface area contributed by atoms with E-state index in [0.717, 1.165) is 6.07 Å². The van der Waals surface area contributed by atoms with Crippen LogP contribution in [0, 0.1) is 0 Å². The second-order valence-electron chi connectivity index (χ2n) is 2.67. The van der Waals surface area contributed by atoms with Gasteiger partial charge in [-0.1, -0.05) is 18.7 Å². The summed E-state index contributed by atoms with van der Waals surface area (Å²) in [5, 5.41) is 9.04. The normalized spacial score (nSPS) is 11.2. The van der Waals surface area contributed by atoms with Crippen molar-refractivity contribution in [3.05, 3.63) is 47.2 Å². The lowest BCUT2D eigenvalue weighted by Crippen LogP contribution is -2.08. The lowest BCUT2D eigenvalue weighted by atomic mass is 10.4. The molecule has 0 saturated carbocycles. The Labute approximate surface area is 86.5 Å². The molecule has 1 aromatic rings. The van der Waals surface area contributed by atoms with Gasteiger partial charge in [-0.2, -0.15) is 4.98 Å². The first-order valence-electron chi connectivity index (χ1n) is 4.31. The summed E-state index contributed by atoms with van der Waals surface area (Å²) in [4.78, 5) is 21.0. The van der Waals surface area contributed by atoms with Gasteiger partial charge in [0.2, 0.25) is 5.88 Å². The van der Waals surface area contributed by atoms with Crippen LogP contribution in [0.1, 0.15) is 5.82 Å². The third-order valence-corrected chi connectivity index (χ3v) is 1.47. The van der Waals surface area contributed by atoms with E-state index in [1.54, 1.807) is 18.4 Å². The molecule has 0 atom stereocenters. The Kier molecular flexibility index (Phi) is 4.03. The van der Waals surface area contributed by atoms with Crippen molar-refractivity contribution in [2.75, 3.05) is 0 Å². The van der Waals surface area contributed by atoms with E-state index in [-0.39, 0.29) is 11.4 Å². The molecule has 0 saturated heterocycles. The molecule has 1 heterocycles. The molecule has 0 spiro atoms. The van der Waals surface area contributed by atoms with Gasteiger partial charge in [0.15, 0.2) is 0 Å². The predicted molar refractivity (Wildman–Crippen MR) is 58.1 cm³/mol. The maximum atomic E-state index is 10.9. The van der Waals surface area contributed by atoms with E-state index in [4.69, 9.17) is 5.11 Å². The molecule has 5 heteroatoms. The molecule has 1 aromatic heterocycles. The number of nitrogens with zero attached hydrogens (tertiary/aromatic N) is 2. The van der Waals surface area contributed by atoms with Crippen LogP contribution in [0.3, 0.4) is 0 Å². The van der Waals surface area contributed by atoms with E-state index < -0.39 is 0 Å². The van der Waals surface area contributed by atoms with Gasteiger partial charge in [0.25, 0.3) is 5.56 Å². The predicted octanol–water partition coefficient (Wildman–Crippen LogP) is 0.788. The summed E-state index contributed by atoms with van der Waals surface area (Å²) < 4.78 is 0. The van der Waals surface area contributed by atoms with Gasteiger partial charge in [-0.05, 0) is 0 Å². The molecule has 0 aliphatic heterocycles. The molecule has 78 valence electrons. The first-order chi connectivity index (χ1) is 7.22. The Morgan fingerprint density at radius 3 is 3.13 bits per heavy atom. The van der Waals surface area contributed by atoms with Crippen molar-refractivity contribution in [1.82, 2.24) is 9.97 Å². The van der Waals surface area contributed by atoms with Crippen LogP contribution in [-0.2, 0) is 6.42 Å². The maximum Gasteiger partial charge on any atom is 0.254 e. The number of aromatic amines is 1. The van der Waals surface area contributed by atoms with Gasteiger partial charge in [0.05, 0.1) is 6.07 Å². The molecule has 2 N–H and O–H groups in total. The summed E-state index contributed by atoms with van der Waals surface area (Å²) in [6, 6.07) is 1.02. The monoisotopic (exact) mass is 205 g/mol. The Hall–Kier alpha value is -2.17. The molecule has 0 bridgehead atoms. The molecule has 15 heavy (non-hydrogen) atoms. The molecule has 0 radical (unpaired) electrons. The van der Waals surface area contributed by atoms with E-state index in [1.165, 1.54) is 6.21 Å². The summed E-state index contributed by atoms with van der Waals surface area (Å²) in [6.07, 6.45) is 6.76. The number of rotatable bonds is 4. The molecule has 0 fully saturated rings. The number of hydrogen-bond acceptors (Lipinski definition) is 4. The first-order valence-corrected chi connectivity index (χ1v) is 4.31. The SMILES string of the molecule is C=CC=N/C=C\Cc1nc(O)cc(=O)[nH]1. The van der Waals surface area contributed by atoms with Crippen LogP contribution in [0.15, 0.2) is 40.8 Å². The van der Waals surface area contributed by atoms with Gasteiger partial charge in [-0.3, -0.25) is 9.79 Å². The third kappa shape index (κ3) is 4.04. The molecular weight excluding hydrogens is 194 g/mol. The third-order valence-electron chi connectivity index (χ3n) is 1.47. The van der Waals surface area contributed by atoms with Crippen LogP contribution in [0.25, 0.3) is 0 Å². The number of H-pyrrole nitrogens is 1. The standard InChI is InChI=1S/C10H11N3O2/c1-2-5-11-6-3-4-8-12-9(14)7-10(15)13-8/h2-3,5-7H,1,4H2,(H2,12,13,14,15)/b6-3-,11-5?. The zero-order valence-corrected chi connectivity index (χ0v) is 8.05. The second kappa shape index (κ2) is 5.54. The fourth-order valence-corrected chi connectivity index (χ4v) is 0.926. The van der Waals surface area contributed by atoms with E-state index in [2.05, 4.69) is 21.5 Å².